The number of likely N-dealkylation sites (tertiary alicyclic amines) is 1. The van der Waals surface area contributed by atoms with Gasteiger partial charge in [0.15, 0.2) is 0 Å². The average molecular weight is 317 g/mol. The minimum atomic E-state index is -0.207. The smallest absolute Gasteiger partial charge is 0.409 e. The van der Waals surface area contributed by atoms with Crippen LogP contribution in [0.1, 0.15) is 29.5 Å². The van der Waals surface area contributed by atoms with E-state index in [4.69, 9.17) is 14.2 Å². The second kappa shape index (κ2) is 5.95. The molecular weight excluding hydrogens is 294 g/mol. The topological polar surface area (TPSA) is 48.0 Å². The fourth-order valence-electron chi connectivity index (χ4n) is 4.04. The Labute approximate surface area is 136 Å². The number of piperidine rings is 1. The summed E-state index contributed by atoms with van der Waals surface area (Å²) in [4.78, 5) is 13.4. The van der Waals surface area contributed by atoms with Crippen molar-refractivity contribution in [2.45, 2.75) is 32.1 Å². The highest BCUT2D eigenvalue weighted by Gasteiger charge is 2.30. The molecule has 3 aliphatic heterocycles. The average Bonchev–Trinajstić information content (AvgIpc) is 3.23. The second-order valence-corrected chi connectivity index (χ2v) is 6.62. The molecule has 0 atom stereocenters. The van der Waals surface area contributed by atoms with Crippen LogP contribution in [0.25, 0.3) is 0 Å². The lowest BCUT2D eigenvalue weighted by atomic mass is 9.86. The van der Waals surface area contributed by atoms with Crippen molar-refractivity contribution in [3.05, 3.63) is 22.8 Å². The van der Waals surface area contributed by atoms with E-state index in [9.17, 15) is 4.79 Å². The summed E-state index contributed by atoms with van der Waals surface area (Å²) in [5.41, 5.74) is 4.01. The van der Waals surface area contributed by atoms with E-state index in [1.165, 1.54) is 23.8 Å². The molecule has 0 spiro atoms. The number of benzene rings is 1. The normalized spacial score (nSPS) is 19.8. The third kappa shape index (κ3) is 2.62. The number of fused-ring (bicyclic) bond motifs is 2. The van der Waals surface area contributed by atoms with Gasteiger partial charge in [-0.3, -0.25) is 0 Å². The van der Waals surface area contributed by atoms with Gasteiger partial charge in [0.25, 0.3) is 0 Å². The van der Waals surface area contributed by atoms with Crippen LogP contribution in [0, 0.1) is 5.92 Å². The van der Waals surface area contributed by atoms with E-state index in [-0.39, 0.29) is 6.09 Å². The minimum Gasteiger partial charge on any atom is -0.493 e. The van der Waals surface area contributed by atoms with Gasteiger partial charge in [-0.2, -0.15) is 0 Å². The number of nitrogens with zero attached hydrogens (tertiary/aromatic N) is 1. The molecule has 0 unspecified atom stereocenters. The molecule has 1 fully saturated rings. The summed E-state index contributed by atoms with van der Waals surface area (Å²) >= 11 is 0. The van der Waals surface area contributed by atoms with Crippen LogP contribution >= 0.6 is 0 Å². The molecular formula is C18H23NO4. The molecule has 0 aliphatic carbocycles. The minimum absolute atomic E-state index is 0.207. The van der Waals surface area contributed by atoms with Gasteiger partial charge in [0.1, 0.15) is 11.5 Å². The van der Waals surface area contributed by atoms with Crippen molar-refractivity contribution in [1.29, 1.82) is 0 Å². The molecule has 0 saturated carbocycles. The standard InChI is InChI=1S/C18H23NO4/c1-21-18(20)19-6-2-12(3-7-19)10-15-14-5-9-22-16(14)11-13-4-8-23-17(13)15/h11-12H,2-10H2,1H3. The van der Waals surface area contributed by atoms with Crippen molar-refractivity contribution in [2.24, 2.45) is 5.92 Å². The first-order chi connectivity index (χ1) is 11.3. The number of amides is 1. The highest BCUT2D eigenvalue weighted by atomic mass is 16.5. The molecule has 5 nitrogen and oxygen atoms in total. The Morgan fingerprint density at radius 3 is 2.83 bits per heavy atom. The summed E-state index contributed by atoms with van der Waals surface area (Å²) in [6.45, 7) is 3.13. The van der Waals surface area contributed by atoms with Gasteiger partial charge in [0.05, 0.1) is 20.3 Å². The number of hydrogen-bond acceptors (Lipinski definition) is 4. The molecule has 124 valence electrons. The summed E-state index contributed by atoms with van der Waals surface area (Å²) in [6.07, 6.45) is 4.84. The maximum atomic E-state index is 11.6. The predicted molar refractivity (Wildman–Crippen MR) is 85.2 cm³/mol. The van der Waals surface area contributed by atoms with Crippen molar-refractivity contribution >= 4 is 6.09 Å². The van der Waals surface area contributed by atoms with E-state index < -0.39 is 0 Å². The molecule has 23 heavy (non-hydrogen) atoms. The summed E-state index contributed by atoms with van der Waals surface area (Å²) in [5, 5.41) is 0. The quantitative estimate of drug-likeness (QED) is 0.841. The van der Waals surface area contributed by atoms with Crippen molar-refractivity contribution in [1.82, 2.24) is 4.90 Å². The van der Waals surface area contributed by atoms with Crippen LogP contribution in [0.4, 0.5) is 4.79 Å². The molecule has 0 N–H and O–H groups in total. The van der Waals surface area contributed by atoms with Gasteiger partial charge >= 0.3 is 6.09 Å². The van der Waals surface area contributed by atoms with Gasteiger partial charge in [-0.1, -0.05) is 0 Å². The van der Waals surface area contributed by atoms with Gasteiger partial charge in [-0.15, -0.1) is 0 Å². The second-order valence-electron chi connectivity index (χ2n) is 6.62. The van der Waals surface area contributed by atoms with E-state index in [2.05, 4.69) is 6.07 Å². The van der Waals surface area contributed by atoms with E-state index in [1.54, 1.807) is 4.90 Å². The molecule has 3 aliphatic rings. The Morgan fingerprint density at radius 2 is 2.04 bits per heavy atom. The fourth-order valence-corrected chi connectivity index (χ4v) is 4.04. The Bertz CT molecular complexity index is 588. The van der Waals surface area contributed by atoms with Crippen molar-refractivity contribution in [3.63, 3.8) is 0 Å². The zero-order valence-electron chi connectivity index (χ0n) is 13.6. The number of carbonyl (C=O) groups excluding carboxylic acids is 1. The number of methoxy groups -OCH3 is 1. The van der Waals surface area contributed by atoms with Crippen molar-refractivity contribution in [3.8, 4) is 11.5 Å². The molecule has 0 aromatic heterocycles. The number of ether oxygens (including phenoxy) is 3. The van der Waals surface area contributed by atoms with Crippen LogP contribution in [0.2, 0.25) is 0 Å². The lowest BCUT2D eigenvalue weighted by molar-refractivity contribution is 0.106. The maximum absolute atomic E-state index is 11.6. The lowest BCUT2D eigenvalue weighted by Crippen LogP contribution is -2.38. The van der Waals surface area contributed by atoms with Crippen LogP contribution in [-0.2, 0) is 24.0 Å². The van der Waals surface area contributed by atoms with Crippen LogP contribution in [-0.4, -0.2) is 44.4 Å². The molecule has 0 bridgehead atoms. The summed E-state index contributed by atoms with van der Waals surface area (Å²) in [6, 6.07) is 2.17. The molecule has 1 saturated heterocycles. The summed E-state index contributed by atoms with van der Waals surface area (Å²) in [7, 11) is 1.45. The summed E-state index contributed by atoms with van der Waals surface area (Å²) in [5.74, 6) is 2.78. The zero-order valence-corrected chi connectivity index (χ0v) is 13.6. The largest absolute Gasteiger partial charge is 0.493 e. The zero-order chi connectivity index (χ0) is 15.8. The third-order valence-corrected chi connectivity index (χ3v) is 5.30. The number of rotatable bonds is 2. The Kier molecular flexibility index (Phi) is 3.79. The molecule has 3 heterocycles. The number of hydrogen-bond donors (Lipinski definition) is 0. The van der Waals surface area contributed by atoms with Gasteiger partial charge in [-0.05, 0) is 31.2 Å². The highest BCUT2D eigenvalue weighted by molar-refractivity contribution is 5.67. The van der Waals surface area contributed by atoms with E-state index in [0.717, 1.165) is 69.9 Å². The molecule has 1 aromatic rings. The highest BCUT2D eigenvalue weighted by Crippen LogP contribution is 2.42. The molecule has 1 amide bonds. The first-order valence-electron chi connectivity index (χ1n) is 8.52. The van der Waals surface area contributed by atoms with Crippen LogP contribution < -0.4 is 9.47 Å². The van der Waals surface area contributed by atoms with E-state index >= 15 is 0 Å². The van der Waals surface area contributed by atoms with Crippen molar-refractivity contribution in [2.75, 3.05) is 33.4 Å². The molecule has 0 radical (unpaired) electrons. The van der Waals surface area contributed by atoms with Gasteiger partial charge < -0.3 is 19.1 Å². The number of carbonyl (C=O) groups is 1. The van der Waals surface area contributed by atoms with Gasteiger partial charge in [0.2, 0.25) is 0 Å². The predicted octanol–water partition coefficient (Wildman–Crippen LogP) is 2.58. The molecule has 5 heteroatoms. The molecule has 1 aromatic carbocycles. The van der Waals surface area contributed by atoms with Crippen LogP contribution in [0.15, 0.2) is 6.07 Å². The monoisotopic (exact) mass is 317 g/mol. The Morgan fingerprint density at radius 1 is 1.26 bits per heavy atom. The Hall–Kier alpha value is -1.91. The maximum Gasteiger partial charge on any atom is 0.409 e. The van der Waals surface area contributed by atoms with Gasteiger partial charge in [-0.25, -0.2) is 4.79 Å². The van der Waals surface area contributed by atoms with Crippen LogP contribution in [0.5, 0.6) is 11.5 Å². The van der Waals surface area contributed by atoms with E-state index in [1.807, 2.05) is 0 Å². The first-order valence-corrected chi connectivity index (χ1v) is 8.52. The Balaban J connectivity index is 1.51. The first kappa shape index (κ1) is 14.7. The fraction of sp³-hybridized carbons (Fsp3) is 0.611. The lowest BCUT2D eigenvalue weighted by Gasteiger charge is -2.31. The van der Waals surface area contributed by atoms with Crippen LogP contribution in [0.3, 0.4) is 0 Å². The third-order valence-electron chi connectivity index (χ3n) is 5.30. The van der Waals surface area contributed by atoms with Crippen molar-refractivity contribution < 1.29 is 19.0 Å². The van der Waals surface area contributed by atoms with Gasteiger partial charge in [0, 0.05) is 42.6 Å². The van der Waals surface area contributed by atoms with E-state index in [0.29, 0.717) is 5.92 Å². The SMILES string of the molecule is COC(=O)N1CCC(Cc2c3c(cc4c2OCC4)OCC3)CC1. The summed E-state index contributed by atoms with van der Waals surface area (Å²) < 4.78 is 16.5. The molecule has 4 rings (SSSR count).